The van der Waals surface area contributed by atoms with Crippen molar-refractivity contribution in [3.8, 4) is 0 Å². The molecule has 6 nitrogen and oxygen atoms in total. The van der Waals surface area contributed by atoms with E-state index in [4.69, 9.17) is 0 Å². The number of aromatic nitrogens is 1. The molecular weight excluding hydrogens is 276 g/mol. The van der Waals surface area contributed by atoms with E-state index in [-0.39, 0.29) is 15.0 Å². The van der Waals surface area contributed by atoms with Gasteiger partial charge in [0.05, 0.1) is 6.10 Å². The van der Waals surface area contributed by atoms with Crippen molar-refractivity contribution >= 4 is 21.4 Å². The number of rotatable bonds is 3. The highest BCUT2D eigenvalue weighted by atomic mass is 32.2. The molecule has 1 aliphatic rings. The molecule has 2 atom stereocenters. The predicted molar refractivity (Wildman–Crippen MR) is 68.2 cm³/mol. The van der Waals surface area contributed by atoms with E-state index in [1.807, 2.05) is 0 Å². The monoisotopic (exact) mass is 292 g/mol. The topological polar surface area (TPSA) is 90.5 Å². The Morgan fingerprint density at radius 3 is 2.67 bits per heavy atom. The van der Waals surface area contributed by atoms with Gasteiger partial charge in [-0.3, -0.25) is 4.79 Å². The quantitative estimate of drug-likeness (QED) is 0.829. The Hall–Kier alpha value is -0.700. The van der Waals surface area contributed by atoms with Crippen LogP contribution in [0.3, 0.4) is 0 Å². The van der Waals surface area contributed by atoms with Crippen molar-refractivity contribution in [2.24, 2.45) is 5.92 Å². The zero-order valence-corrected chi connectivity index (χ0v) is 11.8. The van der Waals surface area contributed by atoms with Crippen LogP contribution in [0.2, 0.25) is 0 Å². The fourth-order valence-electron chi connectivity index (χ4n) is 2.12. The summed E-state index contributed by atoms with van der Waals surface area (Å²) in [4.78, 5) is 13.3. The Kier molecular flexibility index (Phi) is 3.63. The van der Waals surface area contributed by atoms with Gasteiger partial charge in [-0.2, -0.15) is 4.31 Å². The molecule has 0 radical (unpaired) electrons. The lowest BCUT2D eigenvalue weighted by Crippen LogP contribution is -2.30. The highest BCUT2D eigenvalue weighted by molar-refractivity contribution is 7.91. The van der Waals surface area contributed by atoms with Gasteiger partial charge in [0.2, 0.25) is 0 Å². The van der Waals surface area contributed by atoms with Crippen LogP contribution < -0.4 is 4.87 Å². The van der Waals surface area contributed by atoms with Crippen LogP contribution >= 0.6 is 11.3 Å². The molecule has 0 bridgehead atoms. The smallest absolute Gasteiger partial charge is 0.305 e. The molecule has 2 N–H and O–H groups in total. The molecule has 2 heterocycles. The van der Waals surface area contributed by atoms with Crippen LogP contribution in [-0.2, 0) is 10.0 Å². The molecule has 2 rings (SSSR count). The summed E-state index contributed by atoms with van der Waals surface area (Å²) in [6.07, 6.45) is 0.131. The van der Waals surface area contributed by atoms with Gasteiger partial charge in [-0.05, 0) is 26.2 Å². The first-order valence-electron chi connectivity index (χ1n) is 5.70. The molecular formula is C10H16N2O4S2. The number of thiazole rings is 1. The number of sulfonamides is 1. The van der Waals surface area contributed by atoms with Gasteiger partial charge in [0, 0.05) is 18.8 Å². The number of hydrogen-bond donors (Lipinski definition) is 2. The van der Waals surface area contributed by atoms with Crippen LogP contribution in [0, 0.1) is 12.8 Å². The van der Waals surface area contributed by atoms with Gasteiger partial charge in [-0.1, -0.05) is 11.3 Å². The van der Waals surface area contributed by atoms with E-state index in [1.165, 1.54) is 4.31 Å². The van der Waals surface area contributed by atoms with E-state index < -0.39 is 16.1 Å². The summed E-state index contributed by atoms with van der Waals surface area (Å²) in [5.74, 6) is -0.0317. The van der Waals surface area contributed by atoms with Crippen LogP contribution in [0.25, 0.3) is 0 Å². The lowest BCUT2D eigenvalue weighted by atomic mass is 10.0. The molecule has 0 spiro atoms. The molecule has 8 heteroatoms. The van der Waals surface area contributed by atoms with Gasteiger partial charge in [0.15, 0.2) is 4.21 Å². The molecule has 0 saturated carbocycles. The maximum atomic E-state index is 12.3. The number of aliphatic hydroxyl groups excluding tert-OH is 1. The lowest BCUT2D eigenvalue weighted by Gasteiger charge is -2.16. The van der Waals surface area contributed by atoms with Gasteiger partial charge in [0.25, 0.3) is 10.0 Å². The second-order valence-corrected chi connectivity index (χ2v) is 7.70. The van der Waals surface area contributed by atoms with Gasteiger partial charge in [-0.25, -0.2) is 8.42 Å². The summed E-state index contributed by atoms with van der Waals surface area (Å²) in [5, 5.41) is 9.49. The zero-order valence-electron chi connectivity index (χ0n) is 10.2. The van der Waals surface area contributed by atoms with E-state index in [1.54, 1.807) is 13.8 Å². The predicted octanol–water partition coefficient (Wildman–Crippen LogP) is 0.136. The lowest BCUT2D eigenvalue weighted by molar-refractivity contribution is 0.133. The third-order valence-corrected chi connectivity index (χ3v) is 6.67. The second-order valence-electron chi connectivity index (χ2n) is 4.58. The minimum Gasteiger partial charge on any atom is -0.393 e. The molecule has 18 heavy (non-hydrogen) atoms. The van der Waals surface area contributed by atoms with Gasteiger partial charge in [-0.15, -0.1) is 0 Å². The number of aromatic amines is 1. The minimum atomic E-state index is -3.61. The van der Waals surface area contributed by atoms with Crippen molar-refractivity contribution in [2.45, 2.75) is 30.6 Å². The third-order valence-electron chi connectivity index (χ3n) is 3.23. The molecule has 0 amide bonds. The minimum absolute atomic E-state index is 0.0317. The number of nitrogens with zero attached hydrogens (tertiary/aromatic N) is 1. The molecule has 2 unspecified atom stereocenters. The summed E-state index contributed by atoms with van der Waals surface area (Å²) in [6.45, 7) is 3.95. The summed E-state index contributed by atoms with van der Waals surface area (Å²) < 4.78 is 26.1. The summed E-state index contributed by atoms with van der Waals surface area (Å²) in [5.41, 5.74) is 0.380. The van der Waals surface area contributed by atoms with E-state index in [9.17, 15) is 18.3 Å². The SMILES string of the molecule is Cc1[nH]c(=O)sc1S(=O)(=O)N1CCC(C(C)O)C1. The van der Waals surface area contributed by atoms with Gasteiger partial charge in [0.1, 0.15) is 0 Å². The van der Waals surface area contributed by atoms with Gasteiger partial charge < -0.3 is 10.1 Å². The molecule has 102 valence electrons. The first-order chi connectivity index (χ1) is 8.32. The Balaban J connectivity index is 2.28. The normalized spacial score (nSPS) is 23.4. The first kappa shape index (κ1) is 13.7. The first-order valence-corrected chi connectivity index (χ1v) is 7.96. The highest BCUT2D eigenvalue weighted by Crippen LogP contribution is 2.28. The third kappa shape index (κ3) is 2.37. The number of aliphatic hydroxyl groups is 1. The standard InChI is InChI=1S/C10H16N2O4S2/c1-6-9(17-10(14)11-6)18(15,16)12-4-3-8(5-12)7(2)13/h7-8,13H,3-5H2,1-2H3,(H,11,14). The van der Waals surface area contributed by atoms with Crippen LogP contribution in [0.4, 0.5) is 0 Å². The molecule has 1 aromatic rings. The maximum Gasteiger partial charge on any atom is 0.305 e. The van der Waals surface area contributed by atoms with Crippen LogP contribution in [0.15, 0.2) is 9.00 Å². The van der Waals surface area contributed by atoms with Crippen LogP contribution in [0.5, 0.6) is 0 Å². The van der Waals surface area contributed by atoms with Crippen LogP contribution in [-0.4, -0.2) is 42.0 Å². The summed E-state index contributed by atoms with van der Waals surface area (Å²) >= 11 is 0.715. The number of nitrogens with one attached hydrogen (secondary N) is 1. The number of H-pyrrole nitrogens is 1. The van der Waals surface area contributed by atoms with E-state index in [0.717, 1.165) is 0 Å². The molecule has 0 aliphatic carbocycles. The average Bonchev–Trinajstić information content (AvgIpc) is 2.85. The van der Waals surface area contributed by atoms with E-state index >= 15 is 0 Å². The fourth-order valence-corrected chi connectivity index (χ4v) is 5.07. The fraction of sp³-hybridized carbons (Fsp3) is 0.700. The Morgan fingerprint density at radius 2 is 2.22 bits per heavy atom. The largest absolute Gasteiger partial charge is 0.393 e. The van der Waals surface area contributed by atoms with Gasteiger partial charge >= 0.3 is 4.87 Å². The number of hydrogen-bond acceptors (Lipinski definition) is 5. The molecule has 1 aliphatic heterocycles. The molecule has 0 aromatic carbocycles. The highest BCUT2D eigenvalue weighted by Gasteiger charge is 2.36. The average molecular weight is 292 g/mol. The Morgan fingerprint density at radius 1 is 1.56 bits per heavy atom. The summed E-state index contributed by atoms with van der Waals surface area (Å²) in [6, 6.07) is 0. The van der Waals surface area contributed by atoms with E-state index in [0.29, 0.717) is 36.5 Å². The molecule has 1 saturated heterocycles. The maximum absolute atomic E-state index is 12.3. The van der Waals surface area contributed by atoms with E-state index in [2.05, 4.69) is 4.98 Å². The Bertz CT molecular complexity index is 587. The van der Waals surface area contributed by atoms with Crippen LogP contribution in [0.1, 0.15) is 19.0 Å². The second kappa shape index (κ2) is 4.76. The molecule has 1 fully saturated rings. The zero-order chi connectivity index (χ0) is 13.5. The summed E-state index contributed by atoms with van der Waals surface area (Å²) in [7, 11) is -3.61. The van der Waals surface area contributed by atoms with Crippen molar-refractivity contribution in [3.05, 3.63) is 15.4 Å². The number of aryl methyl sites for hydroxylation is 1. The Labute approximate surface area is 109 Å². The van der Waals surface area contributed by atoms with Crippen molar-refractivity contribution in [1.29, 1.82) is 0 Å². The van der Waals surface area contributed by atoms with Crippen molar-refractivity contribution in [2.75, 3.05) is 13.1 Å². The molecule has 1 aromatic heterocycles. The van der Waals surface area contributed by atoms with Crippen molar-refractivity contribution in [1.82, 2.24) is 9.29 Å². The van der Waals surface area contributed by atoms with Crippen molar-refractivity contribution in [3.63, 3.8) is 0 Å². The van der Waals surface area contributed by atoms with Crippen molar-refractivity contribution < 1.29 is 13.5 Å².